The van der Waals surface area contributed by atoms with E-state index in [1.165, 1.54) is 17.5 Å². The highest BCUT2D eigenvalue weighted by molar-refractivity contribution is 5.78. The van der Waals surface area contributed by atoms with Crippen molar-refractivity contribution >= 4 is 5.91 Å². The normalized spacial score (nSPS) is 15.9. The van der Waals surface area contributed by atoms with Crippen LogP contribution in [0.3, 0.4) is 0 Å². The van der Waals surface area contributed by atoms with Gasteiger partial charge >= 0.3 is 0 Å². The quantitative estimate of drug-likeness (QED) is 0.765. The lowest BCUT2D eigenvalue weighted by Crippen LogP contribution is -2.34. The number of amides is 1. The van der Waals surface area contributed by atoms with Gasteiger partial charge in [0.25, 0.3) is 5.91 Å². The zero-order valence-electron chi connectivity index (χ0n) is 14.2. The second kappa shape index (κ2) is 7.39. The third-order valence-corrected chi connectivity index (χ3v) is 4.54. The van der Waals surface area contributed by atoms with Crippen LogP contribution in [0.25, 0.3) is 11.5 Å². The van der Waals surface area contributed by atoms with Crippen LogP contribution in [0.4, 0.5) is 0 Å². The molecule has 0 saturated carbocycles. The molecule has 26 heavy (non-hydrogen) atoms. The van der Waals surface area contributed by atoms with Gasteiger partial charge in [0.15, 0.2) is 6.61 Å². The first-order valence-corrected chi connectivity index (χ1v) is 8.66. The van der Waals surface area contributed by atoms with Crippen LogP contribution < -0.4 is 10.1 Å². The van der Waals surface area contributed by atoms with E-state index in [0.717, 1.165) is 24.8 Å². The monoisotopic (exact) mass is 349 g/mol. The molecule has 6 heteroatoms. The van der Waals surface area contributed by atoms with Crippen LogP contribution in [0.1, 0.15) is 30.0 Å². The first-order chi connectivity index (χ1) is 12.8. The fraction of sp³-hybridized carbons (Fsp3) is 0.250. The Hall–Kier alpha value is -3.15. The van der Waals surface area contributed by atoms with Crippen LogP contribution in [0.15, 0.2) is 59.3 Å². The molecule has 0 unspecified atom stereocenters. The number of nitrogens with zero attached hydrogens (tertiary/aromatic N) is 2. The van der Waals surface area contributed by atoms with Gasteiger partial charge in [-0.15, -0.1) is 10.2 Å². The highest BCUT2D eigenvalue weighted by Crippen LogP contribution is 2.29. The second-order valence-electron chi connectivity index (χ2n) is 6.27. The Morgan fingerprint density at radius 2 is 2.04 bits per heavy atom. The highest BCUT2D eigenvalue weighted by Gasteiger charge is 2.21. The lowest BCUT2D eigenvalue weighted by Gasteiger charge is -2.26. The summed E-state index contributed by atoms with van der Waals surface area (Å²) >= 11 is 0. The van der Waals surface area contributed by atoms with E-state index in [1.807, 2.05) is 24.3 Å². The third-order valence-electron chi connectivity index (χ3n) is 4.54. The van der Waals surface area contributed by atoms with Crippen molar-refractivity contribution in [3.8, 4) is 17.2 Å². The topological polar surface area (TPSA) is 77.2 Å². The summed E-state index contributed by atoms with van der Waals surface area (Å²) in [5.74, 6) is 0.949. The highest BCUT2D eigenvalue weighted by atomic mass is 16.5. The fourth-order valence-corrected chi connectivity index (χ4v) is 3.28. The minimum atomic E-state index is -0.118. The van der Waals surface area contributed by atoms with Crippen LogP contribution >= 0.6 is 0 Å². The summed E-state index contributed by atoms with van der Waals surface area (Å²) in [6.07, 6.45) is 4.40. The average molecular weight is 349 g/mol. The van der Waals surface area contributed by atoms with Crippen molar-refractivity contribution in [2.45, 2.75) is 25.3 Å². The van der Waals surface area contributed by atoms with Crippen molar-refractivity contribution in [3.63, 3.8) is 0 Å². The molecule has 1 N–H and O–H groups in total. The molecule has 0 fully saturated rings. The van der Waals surface area contributed by atoms with Gasteiger partial charge in [-0.25, -0.2) is 0 Å². The Balaban J connectivity index is 1.33. The smallest absolute Gasteiger partial charge is 0.258 e. The minimum Gasteiger partial charge on any atom is -0.484 e. The largest absolute Gasteiger partial charge is 0.484 e. The van der Waals surface area contributed by atoms with E-state index < -0.39 is 0 Å². The fourth-order valence-electron chi connectivity index (χ4n) is 3.28. The van der Waals surface area contributed by atoms with E-state index in [0.29, 0.717) is 11.6 Å². The number of fused-ring (bicyclic) bond motifs is 1. The molecule has 0 bridgehead atoms. The van der Waals surface area contributed by atoms with Crippen LogP contribution in [-0.2, 0) is 11.2 Å². The van der Waals surface area contributed by atoms with Crippen LogP contribution in [-0.4, -0.2) is 22.7 Å². The van der Waals surface area contributed by atoms with Crippen molar-refractivity contribution in [2.24, 2.45) is 0 Å². The Kier molecular flexibility index (Phi) is 4.64. The summed E-state index contributed by atoms with van der Waals surface area (Å²) in [7, 11) is 0. The Morgan fingerprint density at radius 3 is 2.85 bits per heavy atom. The van der Waals surface area contributed by atoms with E-state index in [9.17, 15) is 4.79 Å². The van der Waals surface area contributed by atoms with E-state index in [4.69, 9.17) is 9.15 Å². The molecule has 1 aliphatic rings. The maximum absolute atomic E-state index is 12.3. The lowest BCUT2D eigenvalue weighted by molar-refractivity contribution is -0.123. The summed E-state index contributed by atoms with van der Waals surface area (Å²) in [5, 5.41) is 10.6. The Labute approximate surface area is 151 Å². The molecule has 1 aromatic heterocycles. The third kappa shape index (κ3) is 3.59. The number of ether oxygens (including phenoxy) is 1. The average Bonchev–Trinajstić information content (AvgIpc) is 3.22. The summed E-state index contributed by atoms with van der Waals surface area (Å²) in [4.78, 5) is 12.3. The number of carbonyl (C=O) groups excluding carboxylic acids is 1. The molecule has 1 heterocycles. The summed E-state index contributed by atoms with van der Waals surface area (Å²) in [5.41, 5.74) is 3.34. The molecule has 0 radical (unpaired) electrons. The van der Waals surface area contributed by atoms with Gasteiger partial charge in [-0.1, -0.05) is 24.3 Å². The number of aromatic nitrogens is 2. The molecule has 1 amide bonds. The molecule has 0 spiro atoms. The van der Waals surface area contributed by atoms with Crippen molar-refractivity contribution in [2.75, 3.05) is 6.61 Å². The zero-order chi connectivity index (χ0) is 17.8. The molecule has 6 nitrogen and oxygen atoms in total. The SMILES string of the molecule is O=C(COc1ccc(-c2nnco2)cc1)N[C@H]1CCCc2ccccc21. The van der Waals surface area contributed by atoms with E-state index in [-0.39, 0.29) is 18.6 Å². The molecule has 4 rings (SSSR count). The van der Waals surface area contributed by atoms with Crippen LogP contribution in [0.2, 0.25) is 0 Å². The molecule has 2 aromatic carbocycles. The number of benzene rings is 2. The van der Waals surface area contributed by atoms with Gasteiger partial charge in [-0.2, -0.15) is 0 Å². The minimum absolute atomic E-state index is 0.0153. The van der Waals surface area contributed by atoms with Gasteiger partial charge in [-0.05, 0) is 54.7 Å². The van der Waals surface area contributed by atoms with Crippen molar-refractivity contribution in [1.29, 1.82) is 0 Å². The predicted octanol–water partition coefficient (Wildman–Crippen LogP) is 3.31. The maximum Gasteiger partial charge on any atom is 0.258 e. The predicted molar refractivity (Wildman–Crippen MR) is 95.5 cm³/mol. The molecular formula is C20H19N3O3. The van der Waals surface area contributed by atoms with E-state index in [1.54, 1.807) is 12.1 Å². The first-order valence-electron chi connectivity index (χ1n) is 8.66. The number of carbonyl (C=O) groups is 1. The van der Waals surface area contributed by atoms with Gasteiger partial charge in [0.2, 0.25) is 12.3 Å². The molecular weight excluding hydrogens is 330 g/mol. The second-order valence-corrected chi connectivity index (χ2v) is 6.27. The molecule has 0 aliphatic heterocycles. The van der Waals surface area contributed by atoms with Gasteiger partial charge < -0.3 is 14.5 Å². The zero-order valence-corrected chi connectivity index (χ0v) is 14.2. The summed E-state index contributed by atoms with van der Waals surface area (Å²) in [6, 6.07) is 15.6. The Morgan fingerprint density at radius 1 is 1.19 bits per heavy atom. The molecule has 1 atom stereocenters. The molecule has 1 aliphatic carbocycles. The van der Waals surface area contributed by atoms with Gasteiger partial charge in [0, 0.05) is 5.56 Å². The van der Waals surface area contributed by atoms with E-state index >= 15 is 0 Å². The standard InChI is InChI=1S/C20H19N3O3/c24-19(22-18-7-3-5-14-4-1-2-6-17(14)18)12-25-16-10-8-15(9-11-16)20-23-21-13-26-20/h1-2,4,6,8-11,13,18H,3,5,7,12H2,(H,22,24)/t18-/m0/s1. The number of rotatable bonds is 5. The number of nitrogens with one attached hydrogen (secondary N) is 1. The maximum atomic E-state index is 12.3. The lowest BCUT2D eigenvalue weighted by atomic mass is 9.88. The number of hydrogen-bond acceptors (Lipinski definition) is 5. The van der Waals surface area contributed by atoms with Crippen LogP contribution in [0.5, 0.6) is 5.75 Å². The van der Waals surface area contributed by atoms with Gasteiger partial charge in [-0.3, -0.25) is 4.79 Å². The molecule has 132 valence electrons. The number of hydrogen-bond donors (Lipinski definition) is 1. The van der Waals surface area contributed by atoms with Crippen molar-refractivity contribution in [3.05, 3.63) is 66.1 Å². The number of aryl methyl sites for hydroxylation is 1. The molecule has 0 saturated heterocycles. The summed E-state index contributed by atoms with van der Waals surface area (Å²) < 4.78 is 10.7. The van der Waals surface area contributed by atoms with Gasteiger partial charge in [0.1, 0.15) is 5.75 Å². The van der Waals surface area contributed by atoms with Crippen molar-refractivity contribution < 1.29 is 13.9 Å². The van der Waals surface area contributed by atoms with Gasteiger partial charge in [0.05, 0.1) is 6.04 Å². The molecule has 3 aromatic rings. The van der Waals surface area contributed by atoms with Crippen molar-refractivity contribution in [1.82, 2.24) is 15.5 Å². The van der Waals surface area contributed by atoms with E-state index in [2.05, 4.69) is 27.6 Å². The summed E-state index contributed by atoms with van der Waals surface area (Å²) in [6.45, 7) is -0.0153. The van der Waals surface area contributed by atoms with Crippen LogP contribution in [0, 0.1) is 0 Å². The Bertz CT molecular complexity index is 876. The first kappa shape index (κ1) is 16.3.